The highest BCUT2D eigenvalue weighted by Gasteiger charge is 2.23. The van der Waals surface area contributed by atoms with E-state index in [1.54, 1.807) is 0 Å². The van der Waals surface area contributed by atoms with Crippen LogP contribution in [0.3, 0.4) is 0 Å². The van der Waals surface area contributed by atoms with Crippen LogP contribution in [0.5, 0.6) is 0 Å². The molecule has 4 aromatic heterocycles. The highest BCUT2D eigenvalue weighted by molar-refractivity contribution is 6.18. The molecule has 300 valence electrons. The van der Waals surface area contributed by atoms with Gasteiger partial charge >= 0.3 is 0 Å². The van der Waals surface area contributed by atoms with Crippen molar-refractivity contribution in [2.24, 2.45) is 0 Å². The fourth-order valence-electron chi connectivity index (χ4n) is 9.87. The van der Waals surface area contributed by atoms with Crippen LogP contribution in [-0.4, -0.2) is 0 Å². The van der Waals surface area contributed by atoms with Gasteiger partial charge in [0.2, 0.25) is 0 Å². The predicted octanol–water partition coefficient (Wildman–Crippen LogP) is 17.4. The molecule has 0 radical (unpaired) electrons. The van der Waals surface area contributed by atoms with Crippen molar-refractivity contribution in [3.8, 4) is 0 Å². The lowest BCUT2D eigenvalue weighted by atomic mass is 10.0. The Balaban J connectivity index is 0.884. The Labute approximate surface area is 364 Å². The third-order valence-corrected chi connectivity index (χ3v) is 12.8. The van der Waals surface area contributed by atoms with Crippen LogP contribution in [0.4, 0.5) is 34.1 Å². The molecule has 0 amide bonds. The Morgan fingerprint density at radius 3 is 1.30 bits per heavy atom. The van der Waals surface area contributed by atoms with E-state index in [0.29, 0.717) is 0 Å². The molecule has 0 saturated heterocycles. The van der Waals surface area contributed by atoms with Crippen molar-refractivity contribution in [3.05, 3.63) is 206 Å². The fraction of sp³-hybridized carbons (Fsp3) is 0. The number of anilines is 6. The first kappa shape index (κ1) is 34.9. The molecule has 0 aliphatic heterocycles. The third-order valence-electron chi connectivity index (χ3n) is 12.8. The van der Waals surface area contributed by atoms with Gasteiger partial charge in [0.25, 0.3) is 0 Å². The lowest BCUT2D eigenvalue weighted by Gasteiger charge is -2.25. The molecular weight excluding hydrogens is 789 g/mol. The molecule has 0 saturated carbocycles. The lowest BCUT2D eigenvalue weighted by molar-refractivity contribution is 0.664. The first-order valence-corrected chi connectivity index (χ1v) is 21.5. The van der Waals surface area contributed by atoms with Crippen molar-refractivity contribution in [2.45, 2.75) is 0 Å². The van der Waals surface area contributed by atoms with E-state index in [9.17, 15) is 0 Å². The summed E-state index contributed by atoms with van der Waals surface area (Å²) in [5, 5.41) is 10.6. The van der Waals surface area contributed by atoms with Crippen LogP contribution in [0.15, 0.2) is 224 Å². The zero-order chi connectivity index (χ0) is 41.9. The zero-order valence-electron chi connectivity index (χ0n) is 34.2. The number of rotatable bonds is 6. The second kappa shape index (κ2) is 13.4. The smallest absolute Gasteiger partial charge is 0.159 e. The molecule has 0 unspecified atom stereocenters. The van der Waals surface area contributed by atoms with E-state index in [-0.39, 0.29) is 0 Å². The molecule has 14 rings (SSSR count). The SMILES string of the molecule is c1ccc(N(c2ccc3cc4c(cc3c2)oc2cc3c(cc24)oc2cc(N(c4ccccc4)c4cccc5c4oc4ccccc45)ccc23)c2cccc3c2oc2ccccc23)cc1. The molecule has 0 bridgehead atoms. The van der Waals surface area contributed by atoms with Crippen molar-refractivity contribution in [1.82, 2.24) is 0 Å². The van der Waals surface area contributed by atoms with E-state index in [4.69, 9.17) is 17.7 Å². The van der Waals surface area contributed by atoms with Crippen molar-refractivity contribution in [1.29, 1.82) is 0 Å². The number of hydrogen-bond donors (Lipinski definition) is 0. The number of fused-ring (bicyclic) bond motifs is 13. The van der Waals surface area contributed by atoms with Crippen LogP contribution in [0.25, 0.3) is 98.5 Å². The largest absolute Gasteiger partial charge is 0.456 e. The van der Waals surface area contributed by atoms with Gasteiger partial charge in [0, 0.05) is 66.2 Å². The van der Waals surface area contributed by atoms with Gasteiger partial charge < -0.3 is 27.5 Å². The molecule has 14 aromatic rings. The zero-order valence-corrected chi connectivity index (χ0v) is 34.2. The average molecular weight is 823 g/mol. The topological polar surface area (TPSA) is 59.0 Å². The van der Waals surface area contributed by atoms with Crippen LogP contribution in [-0.2, 0) is 0 Å². The van der Waals surface area contributed by atoms with Crippen LogP contribution in [0.1, 0.15) is 0 Å². The van der Waals surface area contributed by atoms with Crippen LogP contribution < -0.4 is 9.80 Å². The van der Waals surface area contributed by atoms with Gasteiger partial charge in [-0.3, -0.25) is 0 Å². The van der Waals surface area contributed by atoms with Crippen LogP contribution >= 0.6 is 0 Å². The summed E-state index contributed by atoms with van der Waals surface area (Å²) >= 11 is 0. The quantitative estimate of drug-likeness (QED) is 0.166. The van der Waals surface area contributed by atoms with E-state index in [0.717, 1.165) is 133 Å². The van der Waals surface area contributed by atoms with Gasteiger partial charge in [-0.1, -0.05) is 103 Å². The molecule has 10 aromatic carbocycles. The highest BCUT2D eigenvalue weighted by atomic mass is 16.3. The summed E-state index contributed by atoms with van der Waals surface area (Å²) in [6, 6.07) is 71.7. The molecule has 0 aliphatic carbocycles. The Hall–Kier alpha value is -8.74. The molecule has 64 heavy (non-hydrogen) atoms. The summed E-state index contributed by atoms with van der Waals surface area (Å²) in [5.74, 6) is 0. The van der Waals surface area contributed by atoms with Gasteiger partial charge in [-0.05, 0) is 108 Å². The maximum Gasteiger partial charge on any atom is 0.159 e. The summed E-state index contributed by atoms with van der Waals surface area (Å²) in [6.45, 7) is 0. The molecule has 6 nitrogen and oxygen atoms in total. The molecule has 6 heteroatoms. The van der Waals surface area contributed by atoms with Gasteiger partial charge in [0.1, 0.15) is 33.5 Å². The number of nitrogens with zero attached hydrogens (tertiary/aromatic N) is 2. The van der Waals surface area contributed by atoms with Crippen molar-refractivity contribution in [3.63, 3.8) is 0 Å². The number of hydrogen-bond acceptors (Lipinski definition) is 6. The standard InChI is InChI=1S/C58H34N2O4/c1-3-13-37(14-4-1)59(49-21-11-19-44-41-17-7-9-23-51(41)63-57(44)49)39-26-25-35-30-46-48-34-55-47(33-56(48)61-53(46)31-36(35)29-39)43-28-27-40(32-54(43)62-55)60(38-15-5-2-6-16-38)50-22-12-20-45-42-18-8-10-24-52(42)64-58(45)50/h1-34H. The van der Waals surface area contributed by atoms with Gasteiger partial charge in [0.15, 0.2) is 11.2 Å². The molecule has 0 atom stereocenters. The minimum atomic E-state index is 0.793. The second-order valence-corrected chi connectivity index (χ2v) is 16.5. The third kappa shape index (κ3) is 5.20. The second-order valence-electron chi connectivity index (χ2n) is 16.5. The van der Waals surface area contributed by atoms with E-state index in [1.165, 1.54) is 0 Å². The minimum absolute atomic E-state index is 0.793. The van der Waals surface area contributed by atoms with Crippen molar-refractivity contribution >= 4 is 133 Å². The first-order valence-electron chi connectivity index (χ1n) is 21.5. The highest BCUT2D eigenvalue weighted by Crippen LogP contribution is 2.46. The summed E-state index contributed by atoms with van der Waals surface area (Å²) < 4.78 is 26.5. The first-order chi connectivity index (χ1) is 31.7. The maximum atomic E-state index is 6.74. The number of para-hydroxylation sites is 6. The molecule has 0 spiro atoms. The Morgan fingerprint density at radius 2 is 0.688 bits per heavy atom. The van der Waals surface area contributed by atoms with E-state index >= 15 is 0 Å². The monoisotopic (exact) mass is 822 g/mol. The maximum absolute atomic E-state index is 6.74. The summed E-state index contributed by atoms with van der Waals surface area (Å²) in [5.41, 5.74) is 12.6. The van der Waals surface area contributed by atoms with Gasteiger partial charge in [0.05, 0.1) is 17.1 Å². The Kier molecular flexibility index (Phi) is 7.30. The lowest BCUT2D eigenvalue weighted by Crippen LogP contribution is -2.10. The van der Waals surface area contributed by atoms with Crippen LogP contribution in [0.2, 0.25) is 0 Å². The predicted molar refractivity (Wildman–Crippen MR) is 262 cm³/mol. The fourth-order valence-corrected chi connectivity index (χ4v) is 9.87. The molecular formula is C58H34N2O4. The summed E-state index contributed by atoms with van der Waals surface area (Å²) in [4.78, 5) is 4.52. The van der Waals surface area contributed by atoms with Gasteiger partial charge in [-0.25, -0.2) is 0 Å². The van der Waals surface area contributed by atoms with Crippen molar-refractivity contribution in [2.75, 3.05) is 9.80 Å². The molecule has 0 fully saturated rings. The van der Waals surface area contributed by atoms with E-state index in [2.05, 4.69) is 180 Å². The minimum Gasteiger partial charge on any atom is -0.456 e. The van der Waals surface area contributed by atoms with Crippen molar-refractivity contribution < 1.29 is 17.7 Å². The molecule has 4 heterocycles. The van der Waals surface area contributed by atoms with E-state index < -0.39 is 0 Å². The molecule has 0 N–H and O–H groups in total. The molecule has 0 aliphatic rings. The Bertz CT molecular complexity index is 3990. The number of benzene rings is 10. The van der Waals surface area contributed by atoms with Gasteiger partial charge in [-0.15, -0.1) is 0 Å². The number of furan rings is 4. The Morgan fingerprint density at radius 1 is 0.234 bits per heavy atom. The van der Waals surface area contributed by atoms with Gasteiger partial charge in [-0.2, -0.15) is 0 Å². The summed E-state index contributed by atoms with van der Waals surface area (Å²) in [7, 11) is 0. The average Bonchev–Trinajstić information content (AvgIpc) is 4.11. The van der Waals surface area contributed by atoms with Crippen LogP contribution in [0, 0.1) is 0 Å². The summed E-state index contributed by atoms with van der Waals surface area (Å²) in [6.07, 6.45) is 0. The normalized spacial score (nSPS) is 12.1. The van der Waals surface area contributed by atoms with E-state index in [1.807, 2.05) is 36.4 Å².